The Morgan fingerprint density at radius 3 is 2.58 bits per heavy atom. The number of nitrogens with one attached hydrogen (secondary N) is 2. The molecule has 3 N–H and O–H groups in total. The number of halogens is 1. The lowest BCUT2D eigenvalue weighted by molar-refractivity contribution is -0.126. The van der Waals surface area contributed by atoms with Gasteiger partial charge in [0.05, 0.1) is 11.8 Å². The second-order valence-corrected chi connectivity index (χ2v) is 5.40. The lowest BCUT2D eigenvalue weighted by atomic mass is 10.2. The predicted molar refractivity (Wildman–Crippen MR) is 91.4 cm³/mol. The molecule has 124 valence electrons. The molecular weight excluding hydrogens is 378 g/mol. The number of hydrogen-bond donors (Lipinski definition) is 3. The van der Waals surface area contributed by atoms with Crippen LogP contribution in [0.3, 0.4) is 0 Å². The van der Waals surface area contributed by atoms with Gasteiger partial charge in [0.25, 0.3) is 11.8 Å². The molecule has 0 radical (unpaired) electrons. The summed E-state index contributed by atoms with van der Waals surface area (Å²) in [5, 5.41) is 13.1. The highest BCUT2D eigenvalue weighted by Gasteiger charge is 2.10. The quantitative estimate of drug-likeness (QED) is 0.535. The molecule has 0 aliphatic rings. The zero-order chi connectivity index (χ0) is 17.4. The zero-order valence-electron chi connectivity index (χ0n) is 12.4. The van der Waals surface area contributed by atoms with Crippen LogP contribution in [-0.2, 0) is 9.63 Å². The molecule has 2 amide bonds. The maximum Gasteiger partial charge on any atom is 0.279 e. The number of aromatic hydroxyl groups is 1. The molecule has 7 nitrogen and oxygen atoms in total. The maximum absolute atomic E-state index is 11.9. The van der Waals surface area contributed by atoms with Crippen molar-refractivity contribution in [2.75, 3.05) is 6.61 Å². The van der Waals surface area contributed by atoms with E-state index in [1.165, 1.54) is 12.3 Å². The van der Waals surface area contributed by atoms with E-state index in [9.17, 15) is 14.7 Å². The predicted octanol–water partition coefficient (Wildman–Crippen LogP) is 1.97. The molecule has 24 heavy (non-hydrogen) atoms. The largest absolute Gasteiger partial charge is 0.507 e. The third-order valence-corrected chi connectivity index (χ3v) is 3.52. The van der Waals surface area contributed by atoms with Crippen molar-refractivity contribution in [3.8, 4) is 5.75 Å². The van der Waals surface area contributed by atoms with Crippen molar-refractivity contribution in [2.45, 2.75) is 0 Å². The summed E-state index contributed by atoms with van der Waals surface area (Å²) in [6.45, 7) is -0.389. The van der Waals surface area contributed by atoms with Gasteiger partial charge in [0.15, 0.2) is 6.61 Å². The van der Waals surface area contributed by atoms with Gasteiger partial charge < -0.3 is 9.94 Å². The summed E-state index contributed by atoms with van der Waals surface area (Å²) in [5.74, 6) is -0.992. The zero-order valence-corrected chi connectivity index (χ0v) is 14.0. The fourth-order valence-corrected chi connectivity index (χ4v) is 2.13. The molecule has 0 saturated heterocycles. The number of phenolic OH excluding ortho intramolecular Hbond substituents is 1. The number of carbonyl (C=O) groups is 2. The minimum Gasteiger partial charge on any atom is -0.507 e. The number of oxime groups is 1. The second-order valence-electron chi connectivity index (χ2n) is 4.55. The van der Waals surface area contributed by atoms with E-state index in [4.69, 9.17) is 4.84 Å². The van der Waals surface area contributed by atoms with Crippen LogP contribution in [0.1, 0.15) is 15.9 Å². The van der Waals surface area contributed by atoms with E-state index in [1.54, 1.807) is 42.5 Å². The Morgan fingerprint density at radius 1 is 1.12 bits per heavy atom. The molecule has 0 fully saturated rings. The number of nitrogens with zero attached hydrogens (tertiary/aromatic N) is 1. The maximum atomic E-state index is 11.9. The number of amides is 2. The Morgan fingerprint density at radius 2 is 1.83 bits per heavy atom. The van der Waals surface area contributed by atoms with Gasteiger partial charge in [-0.05, 0) is 40.2 Å². The third-order valence-electron chi connectivity index (χ3n) is 2.83. The van der Waals surface area contributed by atoms with Crippen LogP contribution >= 0.6 is 15.9 Å². The summed E-state index contributed by atoms with van der Waals surface area (Å²) in [7, 11) is 0. The molecule has 0 bridgehead atoms. The van der Waals surface area contributed by atoms with Crippen LogP contribution in [0.2, 0.25) is 0 Å². The van der Waals surface area contributed by atoms with E-state index < -0.39 is 11.8 Å². The van der Waals surface area contributed by atoms with Gasteiger partial charge in [-0.25, -0.2) is 0 Å². The number of carbonyl (C=O) groups excluding carboxylic acids is 2. The van der Waals surface area contributed by atoms with Crippen LogP contribution in [0.5, 0.6) is 5.75 Å². The van der Waals surface area contributed by atoms with E-state index in [1.807, 2.05) is 0 Å². The van der Waals surface area contributed by atoms with Crippen molar-refractivity contribution in [1.29, 1.82) is 0 Å². The van der Waals surface area contributed by atoms with Gasteiger partial charge in [-0.15, -0.1) is 0 Å². The molecule has 2 rings (SSSR count). The monoisotopic (exact) mass is 391 g/mol. The Bertz CT molecular complexity index is 764. The van der Waals surface area contributed by atoms with Crippen LogP contribution in [0.4, 0.5) is 0 Å². The normalized spacial score (nSPS) is 10.4. The van der Waals surface area contributed by atoms with E-state index in [-0.39, 0.29) is 12.4 Å². The first kappa shape index (κ1) is 17.5. The molecule has 0 atom stereocenters. The number of hydrazine groups is 1. The Kier molecular flexibility index (Phi) is 6.32. The molecule has 0 spiro atoms. The Balaban J connectivity index is 1.75. The SMILES string of the molecule is O=C(CO/N=C/c1ccccc1O)NNC(=O)c1ccccc1Br. The van der Waals surface area contributed by atoms with Crippen molar-refractivity contribution in [1.82, 2.24) is 10.9 Å². The number of benzene rings is 2. The molecule has 0 aliphatic heterocycles. The molecule has 0 heterocycles. The van der Waals surface area contributed by atoms with Crippen molar-refractivity contribution in [2.24, 2.45) is 5.16 Å². The van der Waals surface area contributed by atoms with Gasteiger partial charge >= 0.3 is 0 Å². The number of para-hydroxylation sites is 1. The minimum absolute atomic E-state index is 0.0509. The van der Waals surface area contributed by atoms with E-state index >= 15 is 0 Å². The minimum atomic E-state index is -0.579. The van der Waals surface area contributed by atoms with Crippen LogP contribution in [-0.4, -0.2) is 29.7 Å². The van der Waals surface area contributed by atoms with Gasteiger partial charge in [-0.1, -0.05) is 29.4 Å². The lowest BCUT2D eigenvalue weighted by Crippen LogP contribution is -2.43. The van der Waals surface area contributed by atoms with E-state index in [0.29, 0.717) is 15.6 Å². The number of rotatable bonds is 5. The van der Waals surface area contributed by atoms with Crippen LogP contribution in [0, 0.1) is 0 Å². The van der Waals surface area contributed by atoms with Crippen molar-refractivity contribution in [3.63, 3.8) is 0 Å². The molecule has 0 aromatic heterocycles. The summed E-state index contributed by atoms with van der Waals surface area (Å²) in [4.78, 5) is 28.2. The summed E-state index contributed by atoms with van der Waals surface area (Å²) in [6, 6.07) is 13.4. The van der Waals surface area contributed by atoms with E-state index in [2.05, 4.69) is 31.9 Å². The van der Waals surface area contributed by atoms with Crippen molar-refractivity contribution in [3.05, 3.63) is 64.1 Å². The van der Waals surface area contributed by atoms with Crippen LogP contribution in [0.25, 0.3) is 0 Å². The summed E-state index contributed by atoms with van der Waals surface area (Å²) in [6.07, 6.45) is 1.28. The second kappa shape index (κ2) is 8.68. The number of hydrogen-bond acceptors (Lipinski definition) is 5. The van der Waals surface area contributed by atoms with Gasteiger partial charge in [-0.3, -0.25) is 20.4 Å². The summed E-state index contributed by atoms with van der Waals surface area (Å²) in [5.41, 5.74) is 5.32. The average molecular weight is 392 g/mol. The first-order valence-electron chi connectivity index (χ1n) is 6.85. The number of phenols is 1. The first-order chi connectivity index (χ1) is 11.6. The first-order valence-corrected chi connectivity index (χ1v) is 7.64. The molecule has 2 aromatic carbocycles. The lowest BCUT2D eigenvalue weighted by Gasteiger charge is -2.07. The van der Waals surface area contributed by atoms with Gasteiger partial charge in [0.1, 0.15) is 5.75 Å². The molecule has 2 aromatic rings. The standard InChI is InChI=1S/C16H14BrN3O4/c17-13-7-3-2-6-12(13)16(23)20-19-15(22)10-24-18-9-11-5-1-4-8-14(11)21/h1-9,21H,10H2,(H,19,22)(H,20,23)/b18-9+. The fourth-order valence-electron chi connectivity index (χ4n) is 1.66. The highest BCUT2D eigenvalue weighted by molar-refractivity contribution is 9.10. The van der Waals surface area contributed by atoms with Gasteiger partial charge in [-0.2, -0.15) is 0 Å². The van der Waals surface area contributed by atoms with Crippen LogP contribution in [0.15, 0.2) is 58.2 Å². The van der Waals surface area contributed by atoms with E-state index in [0.717, 1.165) is 0 Å². The van der Waals surface area contributed by atoms with Crippen molar-refractivity contribution >= 4 is 34.0 Å². The fraction of sp³-hybridized carbons (Fsp3) is 0.0625. The molecule has 0 saturated carbocycles. The van der Waals surface area contributed by atoms with Crippen molar-refractivity contribution < 1.29 is 19.5 Å². The summed E-state index contributed by atoms with van der Waals surface area (Å²) < 4.78 is 0.611. The average Bonchev–Trinajstić information content (AvgIpc) is 2.58. The van der Waals surface area contributed by atoms with Crippen LogP contribution < -0.4 is 10.9 Å². The highest BCUT2D eigenvalue weighted by Crippen LogP contribution is 2.15. The smallest absolute Gasteiger partial charge is 0.279 e. The van der Waals surface area contributed by atoms with Gasteiger partial charge in [0.2, 0.25) is 0 Å². The third kappa shape index (κ3) is 5.10. The summed E-state index contributed by atoms with van der Waals surface area (Å²) >= 11 is 3.25. The molecule has 0 unspecified atom stereocenters. The van der Waals surface area contributed by atoms with Gasteiger partial charge in [0, 0.05) is 10.0 Å². The highest BCUT2D eigenvalue weighted by atomic mass is 79.9. The topological polar surface area (TPSA) is 100 Å². The molecular formula is C16H14BrN3O4. The Hall–Kier alpha value is -2.87. The molecule has 0 aliphatic carbocycles. The molecule has 8 heteroatoms. The Labute approximate surface area is 146 Å².